The lowest BCUT2D eigenvalue weighted by Gasteiger charge is -2.11. The van der Waals surface area contributed by atoms with Crippen LogP contribution in [0.15, 0.2) is 6.20 Å². The fourth-order valence-corrected chi connectivity index (χ4v) is 1.10. The van der Waals surface area contributed by atoms with E-state index in [9.17, 15) is 23.3 Å². The third-order valence-electron chi connectivity index (χ3n) is 1.74. The van der Waals surface area contributed by atoms with Crippen molar-refractivity contribution in [2.75, 3.05) is 5.73 Å². The van der Waals surface area contributed by atoms with Crippen LogP contribution in [0.25, 0.3) is 0 Å². The molecule has 7 nitrogen and oxygen atoms in total. The number of anilines is 1. The number of nitro groups is 1. The van der Waals surface area contributed by atoms with Gasteiger partial charge in [0, 0.05) is 12.7 Å². The van der Waals surface area contributed by atoms with E-state index in [1.807, 2.05) is 0 Å². The summed E-state index contributed by atoms with van der Waals surface area (Å²) in [4.78, 5) is 12.9. The lowest BCUT2D eigenvalue weighted by atomic mass is 10.2. The number of ether oxygens (including phenoxy) is 1. The van der Waals surface area contributed by atoms with Crippen molar-refractivity contribution < 1.29 is 22.8 Å². The first-order valence-corrected chi connectivity index (χ1v) is 4.13. The van der Waals surface area contributed by atoms with Crippen molar-refractivity contribution in [1.82, 2.24) is 4.98 Å². The standard InChI is InChI=1S/C7H7F3N4O3/c8-7(9,10)17-6-4(12)5(14(15)16)3(1-11)2-13-6/h2H,1,11-12H2. The summed E-state index contributed by atoms with van der Waals surface area (Å²) in [6, 6.07) is 0. The van der Waals surface area contributed by atoms with E-state index in [2.05, 4.69) is 9.72 Å². The molecule has 17 heavy (non-hydrogen) atoms. The number of rotatable bonds is 3. The molecule has 0 bridgehead atoms. The molecule has 0 fully saturated rings. The van der Waals surface area contributed by atoms with Crippen molar-refractivity contribution in [3.05, 3.63) is 21.9 Å². The topological polar surface area (TPSA) is 117 Å². The minimum absolute atomic E-state index is 0.0815. The molecule has 94 valence electrons. The fourth-order valence-electron chi connectivity index (χ4n) is 1.10. The van der Waals surface area contributed by atoms with Crippen molar-refractivity contribution >= 4 is 11.4 Å². The van der Waals surface area contributed by atoms with E-state index in [-0.39, 0.29) is 12.1 Å². The molecule has 0 spiro atoms. The number of aromatic nitrogens is 1. The van der Waals surface area contributed by atoms with E-state index in [0.29, 0.717) is 0 Å². The van der Waals surface area contributed by atoms with Gasteiger partial charge in [0.15, 0.2) is 5.69 Å². The van der Waals surface area contributed by atoms with Crippen LogP contribution in [0.4, 0.5) is 24.5 Å². The molecule has 10 heteroatoms. The summed E-state index contributed by atoms with van der Waals surface area (Å²) in [6.45, 7) is -0.278. The maximum atomic E-state index is 11.9. The first-order valence-electron chi connectivity index (χ1n) is 4.13. The number of nitrogens with zero attached hydrogens (tertiary/aromatic N) is 2. The summed E-state index contributed by atoms with van der Waals surface area (Å²) in [5, 5.41) is 10.6. The van der Waals surface area contributed by atoms with Crippen LogP contribution in [0.1, 0.15) is 5.56 Å². The summed E-state index contributed by atoms with van der Waals surface area (Å²) >= 11 is 0. The average molecular weight is 252 g/mol. The molecule has 0 radical (unpaired) electrons. The van der Waals surface area contributed by atoms with Gasteiger partial charge in [0.2, 0.25) is 0 Å². The molecule has 1 aromatic rings. The van der Waals surface area contributed by atoms with Crippen LogP contribution in [0.3, 0.4) is 0 Å². The van der Waals surface area contributed by atoms with Gasteiger partial charge in [-0.1, -0.05) is 0 Å². The van der Waals surface area contributed by atoms with E-state index in [4.69, 9.17) is 11.5 Å². The Kier molecular flexibility index (Phi) is 3.36. The minimum Gasteiger partial charge on any atom is -0.389 e. The molecule has 0 aliphatic rings. The highest BCUT2D eigenvalue weighted by Gasteiger charge is 2.35. The summed E-state index contributed by atoms with van der Waals surface area (Å²) < 4.78 is 39.2. The quantitative estimate of drug-likeness (QED) is 0.610. The third kappa shape index (κ3) is 2.93. The second kappa shape index (κ2) is 4.41. The van der Waals surface area contributed by atoms with Crippen LogP contribution in [0.2, 0.25) is 0 Å². The van der Waals surface area contributed by atoms with Gasteiger partial charge in [0.1, 0.15) is 0 Å². The lowest BCUT2D eigenvalue weighted by Crippen LogP contribution is -2.19. The van der Waals surface area contributed by atoms with Gasteiger partial charge in [0.25, 0.3) is 5.88 Å². The van der Waals surface area contributed by atoms with Crippen molar-refractivity contribution in [2.45, 2.75) is 12.9 Å². The highest BCUT2D eigenvalue weighted by Crippen LogP contribution is 2.35. The van der Waals surface area contributed by atoms with Gasteiger partial charge in [-0.3, -0.25) is 10.1 Å². The van der Waals surface area contributed by atoms with Gasteiger partial charge in [-0.15, -0.1) is 13.2 Å². The van der Waals surface area contributed by atoms with Gasteiger partial charge in [-0.25, -0.2) is 4.98 Å². The van der Waals surface area contributed by atoms with Crippen LogP contribution in [0, 0.1) is 10.1 Å². The third-order valence-corrected chi connectivity index (χ3v) is 1.74. The number of nitrogens with two attached hydrogens (primary N) is 2. The first kappa shape index (κ1) is 13.0. The van der Waals surface area contributed by atoms with Gasteiger partial charge in [-0.05, 0) is 0 Å². The Hall–Kier alpha value is -2.10. The molecular weight excluding hydrogens is 245 g/mol. The lowest BCUT2D eigenvalue weighted by molar-refractivity contribution is -0.384. The predicted octanol–water partition coefficient (Wildman–Crippen LogP) is 0.929. The molecule has 0 saturated carbocycles. The maximum Gasteiger partial charge on any atom is 0.574 e. The Balaban J connectivity index is 3.28. The van der Waals surface area contributed by atoms with E-state index in [0.717, 1.165) is 6.20 Å². The summed E-state index contributed by atoms with van der Waals surface area (Å²) in [7, 11) is 0. The molecular formula is C7H7F3N4O3. The normalized spacial score (nSPS) is 11.3. The molecule has 0 atom stereocenters. The minimum atomic E-state index is -5.03. The van der Waals surface area contributed by atoms with E-state index >= 15 is 0 Å². The Bertz CT molecular complexity index is 449. The van der Waals surface area contributed by atoms with Crippen LogP contribution in [-0.4, -0.2) is 16.3 Å². The molecule has 4 N–H and O–H groups in total. The number of halogens is 3. The first-order chi connectivity index (χ1) is 7.76. The number of hydrogen-bond acceptors (Lipinski definition) is 6. The van der Waals surface area contributed by atoms with E-state index in [1.165, 1.54) is 0 Å². The highest BCUT2D eigenvalue weighted by atomic mass is 19.4. The molecule has 0 unspecified atom stereocenters. The van der Waals surface area contributed by atoms with Crippen LogP contribution >= 0.6 is 0 Å². The van der Waals surface area contributed by atoms with Gasteiger partial charge in [-0.2, -0.15) is 0 Å². The Morgan fingerprint density at radius 1 is 1.53 bits per heavy atom. The second-order valence-electron chi connectivity index (χ2n) is 2.86. The van der Waals surface area contributed by atoms with Gasteiger partial charge >= 0.3 is 12.0 Å². The SMILES string of the molecule is NCc1cnc(OC(F)(F)F)c(N)c1[N+](=O)[O-]. The van der Waals surface area contributed by atoms with Crippen molar-refractivity contribution in [2.24, 2.45) is 5.73 Å². The maximum absolute atomic E-state index is 11.9. The molecule has 0 amide bonds. The van der Waals surface area contributed by atoms with Gasteiger partial charge in [0.05, 0.1) is 10.5 Å². The number of nitrogen functional groups attached to an aromatic ring is 1. The molecule has 1 aromatic heterocycles. The van der Waals surface area contributed by atoms with Crippen molar-refractivity contribution in [1.29, 1.82) is 0 Å². The number of pyridine rings is 1. The zero-order chi connectivity index (χ0) is 13.2. The molecule has 0 aliphatic heterocycles. The monoisotopic (exact) mass is 252 g/mol. The Labute approximate surface area is 92.3 Å². The average Bonchev–Trinajstić information content (AvgIpc) is 2.18. The van der Waals surface area contributed by atoms with E-state index < -0.39 is 28.5 Å². The second-order valence-corrected chi connectivity index (χ2v) is 2.86. The van der Waals surface area contributed by atoms with Crippen molar-refractivity contribution in [3.8, 4) is 5.88 Å². The molecule has 1 rings (SSSR count). The summed E-state index contributed by atoms with van der Waals surface area (Å²) in [5.74, 6) is -1.07. The van der Waals surface area contributed by atoms with Crippen LogP contribution < -0.4 is 16.2 Å². The zero-order valence-corrected chi connectivity index (χ0v) is 8.19. The molecule has 0 aliphatic carbocycles. The highest BCUT2D eigenvalue weighted by molar-refractivity contribution is 5.67. The van der Waals surface area contributed by atoms with Crippen LogP contribution in [0.5, 0.6) is 5.88 Å². The van der Waals surface area contributed by atoms with E-state index in [1.54, 1.807) is 0 Å². The fraction of sp³-hybridized carbons (Fsp3) is 0.286. The number of hydrogen-bond donors (Lipinski definition) is 2. The Morgan fingerprint density at radius 2 is 2.12 bits per heavy atom. The molecule has 0 aromatic carbocycles. The van der Waals surface area contributed by atoms with Gasteiger partial charge < -0.3 is 16.2 Å². The summed E-state index contributed by atoms with van der Waals surface area (Å²) in [5.41, 5.74) is 8.73. The molecule has 1 heterocycles. The largest absolute Gasteiger partial charge is 0.574 e. The predicted molar refractivity (Wildman–Crippen MR) is 49.9 cm³/mol. The molecule has 0 saturated heterocycles. The van der Waals surface area contributed by atoms with Crippen LogP contribution in [-0.2, 0) is 6.54 Å². The summed E-state index contributed by atoms with van der Waals surface area (Å²) in [6.07, 6.45) is -4.21. The Morgan fingerprint density at radius 3 is 2.53 bits per heavy atom. The number of alkyl halides is 3. The zero-order valence-electron chi connectivity index (χ0n) is 8.19. The smallest absolute Gasteiger partial charge is 0.389 e. The van der Waals surface area contributed by atoms with Crippen molar-refractivity contribution in [3.63, 3.8) is 0 Å².